The highest BCUT2D eigenvalue weighted by Crippen LogP contribution is 2.75. The standard InChI is InChI=1S/C40H57NO6/c1-24-17-20-40(41-35(44)47-28-13-11-10-12-14-28)22-21-38(8)29(33(40)25(24)2)15-16-32-37(7)23-30(45-26(3)42)34(46-27(4)43)36(5,6)31(37)18-19-39(32,38)9/h10-15,24-25,30-34H,16-23H2,1-9H3,(H,41,44)/t24-,25+,30+,31+,32-,33+,34+,37+,38-,39-,40+/m1/s1. The fourth-order valence-corrected chi connectivity index (χ4v) is 12.4. The number of carbonyl (C=O) groups is 3. The van der Waals surface area contributed by atoms with Crippen LogP contribution >= 0.6 is 0 Å². The summed E-state index contributed by atoms with van der Waals surface area (Å²) in [4.78, 5) is 38.2. The van der Waals surface area contributed by atoms with Gasteiger partial charge in [-0.3, -0.25) is 9.59 Å². The predicted molar refractivity (Wildman–Crippen MR) is 181 cm³/mol. The van der Waals surface area contributed by atoms with Gasteiger partial charge < -0.3 is 19.5 Å². The Bertz CT molecular complexity index is 1440. The van der Waals surface area contributed by atoms with Crippen LogP contribution in [0, 0.1) is 51.2 Å². The maximum absolute atomic E-state index is 13.5. The van der Waals surface area contributed by atoms with Crippen molar-refractivity contribution in [3.05, 3.63) is 42.0 Å². The molecular weight excluding hydrogens is 590 g/mol. The first-order chi connectivity index (χ1) is 22.0. The van der Waals surface area contributed by atoms with Crippen LogP contribution in [0.1, 0.15) is 114 Å². The average Bonchev–Trinajstić information content (AvgIpc) is 2.98. The van der Waals surface area contributed by atoms with E-state index in [1.54, 1.807) is 0 Å². The molecule has 0 unspecified atom stereocenters. The zero-order valence-corrected chi connectivity index (χ0v) is 30.1. The van der Waals surface area contributed by atoms with E-state index in [0.717, 1.165) is 44.9 Å². The summed E-state index contributed by atoms with van der Waals surface area (Å²) in [7, 11) is 0. The van der Waals surface area contributed by atoms with Crippen molar-refractivity contribution in [2.24, 2.45) is 51.2 Å². The quantitative estimate of drug-likeness (QED) is 0.260. The molecule has 0 aromatic heterocycles. The summed E-state index contributed by atoms with van der Waals surface area (Å²) in [5.41, 5.74) is 0.706. The topological polar surface area (TPSA) is 90.9 Å². The lowest BCUT2D eigenvalue weighted by atomic mass is 9.33. The van der Waals surface area contributed by atoms with Gasteiger partial charge >= 0.3 is 18.0 Å². The second-order valence-electron chi connectivity index (χ2n) is 17.3. The number of nitrogens with one attached hydrogen (secondary N) is 1. The van der Waals surface area contributed by atoms with Crippen molar-refractivity contribution in [3.63, 3.8) is 0 Å². The molecule has 0 aliphatic heterocycles. The van der Waals surface area contributed by atoms with Gasteiger partial charge in [0.05, 0.1) is 5.54 Å². The largest absolute Gasteiger partial charge is 0.459 e. The summed E-state index contributed by atoms with van der Waals surface area (Å²) >= 11 is 0. The van der Waals surface area contributed by atoms with Gasteiger partial charge in [0, 0.05) is 25.2 Å². The number of rotatable bonds is 4. The highest BCUT2D eigenvalue weighted by atomic mass is 16.6. The molecule has 7 heteroatoms. The third kappa shape index (κ3) is 5.24. The first-order valence-electron chi connectivity index (χ1n) is 18.1. The maximum Gasteiger partial charge on any atom is 0.413 e. The number of para-hydroxylation sites is 1. The van der Waals surface area contributed by atoms with Gasteiger partial charge in [0.15, 0.2) is 0 Å². The number of esters is 2. The average molecular weight is 648 g/mol. The molecule has 0 radical (unpaired) electrons. The highest BCUT2D eigenvalue weighted by Gasteiger charge is 2.70. The molecule has 1 amide bonds. The second-order valence-corrected chi connectivity index (χ2v) is 17.3. The number of ether oxygens (including phenoxy) is 3. The first-order valence-corrected chi connectivity index (χ1v) is 18.1. The summed E-state index contributed by atoms with van der Waals surface area (Å²) < 4.78 is 17.8. The molecule has 1 aromatic rings. The van der Waals surface area contributed by atoms with E-state index >= 15 is 0 Å². The molecular formula is C40H57NO6. The molecule has 1 N–H and O–H groups in total. The lowest BCUT2D eigenvalue weighted by molar-refractivity contribution is -0.243. The van der Waals surface area contributed by atoms with Gasteiger partial charge in [0.1, 0.15) is 18.0 Å². The molecule has 0 bridgehead atoms. The maximum atomic E-state index is 13.5. The number of hydrogen-bond acceptors (Lipinski definition) is 6. The van der Waals surface area contributed by atoms with Crippen LogP contribution in [0.25, 0.3) is 0 Å². The zero-order chi connectivity index (χ0) is 34.2. The first kappa shape index (κ1) is 34.0. The summed E-state index contributed by atoms with van der Waals surface area (Å²) in [6.07, 6.45) is 8.99. The minimum atomic E-state index is -0.480. The third-order valence-electron chi connectivity index (χ3n) is 14.8. The fourth-order valence-electron chi connectivity index (χ4n) is 12.4. The Hall–Kier alpha value is -2.83. The van der Waals surface area contributed by atoms with Crippen molar-refractivity contribution < 1.29 is 28.6 Å². The Labute approximate surface area is 281 Å². The van der Waals surface area contributed by atoms with E-state index in [0.29, 0.717) is 35.8 Å². The van der Waals surface area contributed by atoms with Gasteiger partial charge in [-0.1, -0.05) is 78.3 Å². The third-order valence-corrected chi connectivity index (χ3v) is 14.8. The van der Waals surface area contributed by atoms with Crippen molar-refractivity contribution in [2.45, 2.75) is 131 Å². The van der Waals surface area contributed by atoms with Crippen LogP contribution in [0.2, 0.25) is 0 Å². The smallest absolute Gasteiger partial charge is 0.413 e. The fraction of sp³-hybridized carbons (Fsp3) is 0.725. The van der Waals surface area contributed by atoms with Crippen molar-refractivity contribution in [3.8, 4) is 5.75 Å². The van der Waals surface area contributed by atoms with E-state index in [1.807, 2.05) is 30.3 Å². The Morgan fingerprint density at radius 1 is 0.830 bits per heavy atom. The minimum Gasteiger partial charge on any atom is -0.459 e. The van der Waals surface area contributed by atoms with E-state index in [9.17, 15) is 14.4 Å². The number of hydrogen-bond donors (Lipinski definition) is 1. The number of fused-ring (bicyclic) bond motifs is 7. The number of carbonyl (C=O) groups excluding carboxylic acids is 3. The molecule has 5 aliphatic carbocycles. The Morgan fingerprint density at radius 2 is 1.51 bits per heavy atom. The van der Waals surface area contributed by atoms with Crippen LogP contribution < -0.4 is 10.1 Å². The summed E-state index contributed by atoms with van der Waals surface area (Å²) in [5, 5.41) is 3.48. The Kier molecular flexibility index (Phi) is 8.44. The molecule has 0 saturated heterocycles. The van der Waals surface area contributed by atoms with Crippen LogP contribution in [-0.4, -0.2) is 35.8 Å². The molecule has 6 rings (SSSR count). The highest BCUT2D eigenvalue weighted by molar-refractivity contribution is 5.72. The number of amides is 1. The normalized spacial score (nSPS) is 43.4. The molecule has 1 aromatic carbocycles. The van der Waals surface area contributed by atoms with Crippen LogP contribution in [0.4, 0.5) is 4.79 Å². The van der Waals surface area contributed by atoms with Crippen molar-refractivity contribution in [1.29, 1.82) is 0 Å². The van der Waals surface area contributed by atoms with E-state index in [-0.39, 0.29) is 51.1 Å². The molecule has 0 spiro atoms. The van der Waals surface area contributed by atoms with Gasteiger partial charge in [-0.25, -0.2) is 4.79 Å². The van der Waals surface area contributed by atoms with Gasteiger partial charge in [0.2, 0.25) is 0 Å². The van der Waals surface area contributed by atoms with Crippen molar-refractivity contribution in [2.75, 3.05) is 0 Å². The van der Waals surface area contributed by atoms with Gasteiger partial charge in [0.25, 0.3) is 0 Å². The number of benzene rings is 1. The van der Waals surface area contributed by atoms with Crippen LogP contribution in [0.15, 0.2) is 42.0 Å². The van der Waals surface area contributed by atoms with Crippen molar-refractivity contribution >= 4 is 18.0 Å². The predicted octanol–water partition coefficient (Wildman–Crippen LogP) is 8.66. The van der Waals surface area contributed by atoms with Gasteiger partial charge in [-0.15, -0.1) is 0 Å². The Balaban J connectivity index is 1.37. The SMILES string of the molecule is CC(=O)O[C@H]1C[C@]2(C)[C@H]3CC=C4[C@@H]5[C@@H](C)[C@H](C)CC[C@]5(NC(=O)Oc5ccccc5)CC[C@@]4(C)[C@]3(C)CC[C@H]2C(C)(C)[C@H]1OC(C)=O. The molecule has 4 saturated carbocycles. The molecule has 258 valence electrons. The van der Waals surface area contributed by atoms with Crippen molar-refractivity contribution in [1.82, 2.24) is 5.32 Å². The van der Waals surface area contributed by atoms with Crippen LogP contribution in [0.3, 0.4) is 0 Å². The van der Waals surface area contributed by atoms with E-state index in [4.69, 9.17) is 14.2 Å². The summed E-state index contributed by atoms with van der Waals surface area (Å²) in [5.74, 6) is 1.81. The lowest BCUT2D eigenvalue weighted by Gasteiger charge is -2.72. The molecule has 4 fully saturated rings. The molecule has 0 heterocycles. The molecule has 5 aliphatic rings. The molecule has 11 atom stereocenters. The van der Waals surface area contributed by atoms with E-state index < -0.39 is 12.2 Å². The van der Waals surface area contributed by atoms with Crippen LogP contribution in [-0.2, 0) is 19.1 Å². The second kappa shape index (κ2) is 11.7. The van der Waals surface area contributed by atoms with Crippen LogP contribution in [0.5, 0.6) is 5.75 Å². The van der Waals surface area contributed by atoms with E-state index in [2.05, 4.69) is 59.9 Å². The minimum absolute atomic E-state index is 0.0184. The summed E-state index contributed by atoms with van der Waals surface area (Å²) in [6, 6.07) is 9.35. The Morgan fingerprint density at radius 3 is 2.17 bits per heavy atom. The monoisotopic (exact) mass is 647 g/mol. The van der Waals surface area contributed by atoms with E-state index in [1.165, 1.54) is 19.4 Å². The lowest BCUT2D eigenvalue weighted by Crippen LogP contribution is -2.69. The number of allylic oxidation sites excluding steroid dienone is 1. The van der Waals surface area contributed by atoms with Gasteiger partial charge in [-0.2, -0.15) is 0 Å². The molecule has 47 heavy (non-hydrogen) atoms. The molecule has 7 nitrogen and oxygen atoms in total. The zero-order valence-electron chi connectivity index (χ0n) is 30.1. The van der Waals surface area contributed by atoms with Gasteiger partial charge in [-0.05, 0) is 103 Å². The summed E-state index contributed by atoms with van der Waals surface area (Å²) in [6.45, 7) is 19.6.